The summed E-state index contributed by atoms with van der Waals surface area (Å²) in [5.74, 6) is -0.0865. The van der Waals surface area contributed by atoms with Crippen molar-refractivity contribution in [2.45, 2.75) is 13.0 Å². The summed E-state index contributed by atoms with van der Waals surface area (Å²) in [6.07, 6.45) is 0.618. The molecule has 138 valence electrons. The van der Waals surface area contributed by atoms with Gasteiger partial charge in [-0.25, -0.2) is 10.4 Å². The summed E-state index contributed by atoms with van der Waals surface area (Å²) in [6.45, 7) is 1.58. The number of hydrogen-bond donors (Lipinski definition) is 1. The molecule has 1 amide bonds. The minimum Gasteiger partial charge on any atom is -0.479 e. The normalized spacial score (nSPS) is 12.3. The largest absolute Gasteiger partial charge is 0.479 e. The van der Waals surface area contributed by atoms with Crippen LogP contribution in [0.15, 0.2) is 53.6 Å². The summed E-state index contributed by atoms with van der Waals surface area (Å²) in [6, 6.07) is 14.2. The Hall–Kier alpha value is -2.34. The first kappa shape index (κ1) is 19.4. The zero-order chi connectivity index (χ0) is 19.4. The number of halogens is 3. The van der Waals surface area contributed by atoms with E-state index in [1.807, 2.05) is 30.3 Å². The van der Waals surface area contributed by atoms with E-state index in [0.717, 1.165) is 10.9 Å². The number of fused-ring (bicyclic) bond motifs is 1. The van der Waals surface area contributed by atoms with E-state index in [1.165, 1.54) is 12.3 Å². The second-order valence-electron chi connectivity index (χ2n) is 5.63. The van der Waals surface area contributed by atoms with Crippen molar-refractivity contribution in [2.24, 2.45) is 5.10 Å². The number of aromatic nitrogens is 1. The van der Waals surface area contributed by atoms with Gasteiger partial charge in [-0.3, -0.25) is 4.79 Å². The highest BCUT2D eigenvalue weighted by molar-refractivity contribution is 6.35. The standard InChI is InChI=1S/C19H14Cl3N3O2/c1-11(27-17-7-6-14(20)9-15(17)21)19(26)25-23-10-13-8-12-4-2-3-5-16(12)24-18(13)22/h2-11H,1H3,(H,25,26). The summed E-state index contributed by atoms with van der Waals surface area (Å²) in [5.41, 5.74) is 3.78. The number of carbonyl (C=O) groups is 1. The number of rotatable bonds is 5. The van der Waals surface area contributed by atoms with Crippen LogP contribution in [0.5, 0.6) is 5.75 Å². The fourth-order valence-corrected chi connectivity index (χ4v) is 2.92. The summed E-state index contributed by atoms with van der Waals surface area (Å²) >= 11 is 18.0. The number of carbonyl (C=O) groups excluding carboxylic acids is 1. The zero-order valence-corrected chi connectivity index (χ0v) is 16.4. The van der Waals surface area contributed by atoms with Gasteiger partial charge in [0.15, 0.2) is 6.10 Å². The van der Waals surface area contributed by atoms with Gasteiger partial charge >= 0.3 is 0 Å². The number of pyridine rings is 1. The van der Waals surface area contributed by atoms with Gasteiger partial charge in [-0.15, -0.1) is 0 Å². The van der Waals surface area contributed by atoms with Crippen molar-refractivity contribution < 1.29 is 9.53 Å². The highest BCUT2D eigenvalue weighted by Crippen LogP contribution is 2.28. The Morgan fingerprint density at radius 2 is 1.96 bits per heavy atom. The van der Waals surface area contributed by atoms with Gasteiger partial charge in [-0.05, 0) is 37.3 Å². The number of hydrazone groups is 1. The van der Waals surface area contributed by atoms with E-state index in [0.29, 0.717) is 26.5 Å². The Bertz CT molecular complexity index is 1020. The van der Waals surface area contributed by atoms with Crippen molar-refractivity contribution >= 4 is 57.8 Å². The van der Waals surface area contributed by atoms with Crippen LogP contribution in [0, 0.1) is 0 Å². The Balaban J connectivity index is 1.65. The quantitative estimate of drug-likeness (QED) is 0.353. The predicted molar refractivity (Wildman–Crippen MR) is 109 cm³/mol. The van der Waals surface area contributed by atoms with Crippen molar-refractivity contribution in [3.05, 3.63) is 69.3 Å². The maximum Gasteiger partial charge on any atom is 0.280 e. The summed E-state index contributed by atoms with van der Waals surface area (Å²) in [4.78, 5) is 16.4. The second-order valence-corrected chi connectivity index (χ2v) is 6.83. The highest BCUT2D eigenvalue weighted by atomic mass is 35.5. The van der Waals surface area contributed by atoms with E-state index in [9.17, 15) is 4.79 Å². The van der Waals surface area contributed by atoms with Crippen molar-refractivity contribution in [3.8, 4) is 5.75 Å². The third kappa shape index (κ3) is 4.89. The molecule has 0 radical (unpaired) electrons. The van der Waals surface area contributed by atoms with Crippen molar-refractivity contribution in [2.75, 3.05) is 0 Å². The van der Waals surface area contributed by atoms with Crippen LogP contribution in [0.1, 0.15) is 12.5 Å². The molecule has 2 aromatic carbocycles. The van der Waals surface area contributed by atoms with E-state index >= 15 is 0 Å². The van der Waals surface area contributed by atoms with Gasteiger partial charge in [-0.2, -0.15) is 5.10 Å². The van der Waals surface area contributed by atoms with Crippen LogP contribution in [-0.4, -0.2) is 23.2 Å². The molecule has 0 fully saturated rings. The molecule has 1 atom stereocenters. The fraction of sp³-hybridized carbons (Fsp3) is 0.105. The van der Waals surface area contributed by atoms with E-state index in [1.54, 1.807) is 19.1 Å². The van der Waals surface area contributed by atoms with Gasteiger partial charge < -0.3 is 4.74 Å². The average Bonchev–Trinajstić information content (AvgIpc) is 2.64. The van der Waals surface area contributed by atoms with E-state index in [2.05, 4.69) is 15.5 Å². The Kier molecular flexibility index (Phi) is 6.16. The molecule has 3 rings (SSSR count). The Morgan fingerprint density at radius 1 is 1.19 bits per heavy atom. The van der Waals surface area contributed by atoms with Gasteiger partial charge in [0.2, 0.25) is 0 Å². The molecule has 1 unspecified atom stereocenters. The second kappa shape index (κ2) is 8.57. The van der Waals surface area contributed by atoms with Crippen molar-refractivity contribution in [1.82, 2.24) is 10.4 Å². The van der Waals surface area contributed by atoms with Crippen molar-refractivity contribution in [1.29, 1.82) is 0 Å². The molecule has 1 N–H and O–H groups in total. The molecule has 0 aliphatic rings. The van der Waals surface area contributed by atoms with Crippen LogP contribution >= 0.6 is 34.8 Å². The molecule has 3 aromatic rings. The Morgan fingerprint density at radius 3 is 2.74 bits per heavy atom. The maximum atomic E-state index is 12.1. The van der Waals surface area contributed by atoms with Crippen LogP contribution in [0.4, 0.5) is 0 Å². The predicted octanol–water partition coefficient (Wildman–Crippen LogP) is 5.11. The van der Waals surface area contributed by atoms with E-state index in [4.69, 9.17) is 39.5 Å². The number of amides is 1. The maximum absolute atomic E-state index is 12.1. The minimum absolute atomic E-state index is 0.295. The van der Waals surface area contributed by atoms with Gasteiger partial charge in [0, 0.05) is 16.0 Å². The topological polar surface area (TPSA) is 63.6 Å². The highest BCUT2D eigenvalue weighted by Gasteiger charge is 2.15. The summed E-state index contributed by atoms with van der Waals surface area (Å²) in [7, 11) is 0. The summed E-state index contributed by atoms with van der Waals surface area (Å²) < 4.78 is 5.53. The first-order valence-corrected chi connectivity index (χ1v) is 9.07. The zero-order valence-electron chi connectivity index (χ0n) is 14.1. The molecule has 0 aliphatic heterocycles. The third-order valence-electron chi connectivity index (χ3n) is 3.65. The third-order valence-corrected chi connectivity index (χ3v) is 4.48. The van der Waals surface area contributed by atoms with Gasteiger partial charge in [0.1, 0.15) is 10.9 Å². The van der Waals surface area contributed by atoms with Crippen LogP contribution in [-0.2, 0) is 4.79 Å². The van der Waals surface area contributed by atoms with Crippen LogP contribution in [0.2, 0.25) is 15.2 Å². The lowest BCUT2D eigenvalue weighted by atomic mass is 10.2. The molecule has 5 nitrogen and oxygen atoms in total. The number of ether oxygens (including phenoxy) is 1. The number of hydrogen-bond acceptors (Lipinski definition) is 4. The lowest BCUT2D eigenvalue weighted by molar-refractivity contribution is -0.127. The lowest BCUT2D eigenvalue weighted by Gasteiger charge is -2.14. The van der Waals surface area contributed by atoms with Crippen LogP contribution in [0.25, 0.3) is 10.9 Å². The molecule has 0 bridgehead atoms. The van der Waals surface area contributed by atoms with Crippen LogP contribution in [0.3, 0.4) is 0 Å². The van der Waals surface area contributed by atoms with Crippen molar-refractivity contribution in [3.63, 3.8) is 0 Å². The van der Waals surface area contributed by atoms with Gasteiger partial charge in [0.05, 0.1) is 16.8 Å². The molecule has 1 aromatic heterocycles. The molecule has 8 heteroatoms. The molecular formula is C19H14Cl3N3O2. The monoisotopic (exact) mass is 421 g/mol. The molecule has 0 spiro atoms. The van der Waals surface area contributed by atoms with E-state index in [-0.39, 0.29) is 0 Å². The first-order valence-electron chi connectivity index (χ1n) is 7.94. The molecule has 0 aliphatic carbocycles. The first-order chi connectivity index (χ1) is 12.9. The average molecular weight is 423 g/mol. The number of nitrogens with zero attached hydrogens (tertiary/aromatic N) is 2. The number of nitrogens with one attached hydrogen (secondary N) is 1. The SMILES string of the molecule is CC(Oc1ccc(Cl)cc1Cl)C(=O)NN=Cc1cc2ccccc2nc1Cl. The fourth-order valence-electron chi connectivity index (χ4n) is 2.27. The molecule has 0 saturated heterocycles. The molecular weight excluding hydrogens is 409 g/mol. The molecule has 1 heterocycles. The van der Waals surface area contributed by atoms with Gasteiger partial charge in [-0.1, -0.05) is 53.0 Å². The molecule has 0 saturated carbocycles. The van der Waals surface area contributed by atoms with Gasteiger partial charge in [0.25, 0.3) is 5.91 Å². The van der Waals surface area contributed by atoms with E-state index < -0.39 is 12.0 Å². The lowest BCUT2D eigenvalue weighted by Crippen LogP contribution is -2.33. The smallest absolute Gasteiger partial charge is 0.280 e. The summed E-state index contributed by atoms with van der Waals surface area (Å²) in [5, 5.41) is 5.94. The number of benzene rings is 2. The minimum atomic E-state index is -0.814. The molecule has 27 heavy (non-hydrogen) atoms. The Labute approximate surface area is 170 Å². The van der Waals surface area contributed by atoms with Crippen LogP contribution < -0.4 is 10.2 Å². The number of para-hydroxylation sites is 1.